The molecule has 0 saturated heterocycles. The van der Waals surface area contributed by atoms with Crippen LogP contribution in [0.25, 0.3) is 0 Å². The molecule has 0 radical (unpaired) electrons. The molecule has 24 heavy (non-hydrogen) atoms. The van der Waals surface area contributed by atoms with Crippen molar-refractivity contribution in [3.63, 3.8) is 0 Å². The van der Waals surface area contributed by atoms with Gasteiger partial charge in [-0.05, 0) is 13.3 Å². The molecule has 0 aliphatic heterocycles. The number of ether oxygens (including phenoxy) is 1. The predicted octanol–water partition coefficient (Wildman–Crippen LogP) is 5.62. The molecule has 0 aromatic heterocycles. The van der Waals surface area contributed by atoms with Crippen LogP contribution in [0.1, 0.15) is 110 Å². The maximum Gasteiger partial charge on any atom is 0.100 e. The van der Waals surface area contributed by atoms with E-state index in [-0.39, 0.29) is 19.3 Å². The zero-order valence-corrected chi connectivity index (χ0v) is 16.5. The molecule has 0 rings (SSSR count). The lowest BCUT2D eigenvalue weighted by atomic mass is 10.0. The van der Waals surface area contributed by atoms with E-state index in [0.717, 1.165) is 6.42 Å². The molecule has 2 unspecified atom stereocenters. The molecule has 0 aliphatic rings. The minimum atomic E-state index is -0.733. The summed E-state index contributed by atoms with van der Waals surface area (Å²) in [5.74, 6) is 0. The minimum Gasteiger partial charge on any atom is -0.394 e. The van der Waals surface area contributed by atoms with E-state index in [2.05, 4.69) is 6.92 Å². The largest absolute Gasteiger partial charge is 0.394 e. The van der Waals surface area contributed by atoms with Gasteiger partial charge in [-0.2, -0.15) is 0 Å². The van der Waals surface area contributed by atoms with Gasteiger partial charge in [0.2, 0.25) is 0 Å². The molecule has 2 atom stereocenters. The van der Waals surface area contributed by atoms with Gasteiger partial charge in [0.25, 0.3) is 0 Å². The Kier molecular flexibility index (Phi) is 19.1. The second kappa shape index (κ2) is 19.2. The zero-order chi connectivity index (χ0) is 17.9. The number of aliphatic hydroxyl groups excluding tert-OH is 2. The molecular formula is C21H44O3. The van der Waals surface area contributed by atoms with Crippen LogP contribution < -0.4 is 0 Å². The molecule has 146 valence electrons. The van der Waals surface area contributed by atoms with Crippen molar-refractivity contribution in [2.45, 2.75) is 122 Å². The Balaban J connectivity index is 3.12. The van der Waals surface area contributed by atoms with Crippen molar-refractivity contribution in [1.29, 1.82) is 0 Å². The van der Waals surface area contributed by atoms with Crippen LogP contribution in [-0.2, 0) is 4.74 Å². The summed E-state index contributed by atoms with van der Waals surface area (Å²) in [5.41, 5.74) is 0. The number of unbranched alkanes of at least 4 members (excludes halogenated alkanes) is 13. The lowest BCUT2D eigenvalue weighted by Gasteiger charge is -2.15. The molecule has 0 fully saturated rings. The first kappa shape index (κ1) is 23.9. The van der Waals surface area contributed by atoms with E-state index in [9.17, 15) is 5.11 Å². The van der Waals surface area contributed by atoms with Crippen LogP contribution in [0.5, 0.6) is 0 Å². The average Bonchev–Trinajstić information content (AvgIpc) is 2.59. The monoisotopic (exact) mass is 344 g/mol. The predicted molar refractivity (Wildman–Crippen MR) is 103 cm³/mol. The molecule has 0 aliphatic carbocycles. The first-order valence-corrected chi connectivity index (χ1v) is 10.6. The summed E-state index contributed by atoms with van der Waals surface area (Å²) in [7, 11) is 0. The van der Waals surface area contributed by atoms with Crippen molar-refractivity contribution in [2.24, 2.45) is 0 Å². The molecule has 0 aromatic rings. The maximum atomic E-state index is 9.23. The quantitative estimate of drug-likeness (QED) is 0.299. The first-order chi connectivity index (χ1) is 11.7. The summed E-state index contributed by atoms with van der Waals surface area (Å²) in [6.07, 6.45) is 19.9. The van der Waals surface area contributed by atoms with E-state index in [1.807, 2.05) is 6.92 Å². The number of aliphatic hydroxyl groups is 2. The van der Waals surface area contributed by atoms with E-state index in [1.54, 1.807) is 0 Å². The fourth-order valence-electron chi connectivity index (χ4n) is 3.04. The van der Waals surface area contributed by atoms with Crippen LogP contribution >= 0.6 is 0 Å². The van der Waals surface area contributed by atoms with Gasteiger partial charge in [-0.1, -0.05) is 96.8 Å². The Bertz CT molecular complexity index is 233. The van der Waals surface area contributed by atoms with Crippen molar-refractivity contribution < 1.29 is 14.9 Å². The minimum absolute atomic E-state index is 0.184. The third kappa shape index (κ3) is 18.2. The highest BCUT2D eigenvalue weighted by atomic mass is 16.5. The van der Waals surface area contributed by atoms with E-state index in [1.165, 1.54) is 89.9 Å². The molecule has 0 spiro atoms. The molecule has 0 aromatic carbocycles. The number of rotatable bonds is 19. The van der Waals surface area contributed by atoms with Crippen molar-refractivity contribution in [2.75, 3.05) is 13.2 Å². The van der Waals surface area contributed by atoms with Gasteiger partial charge in [0.1, 0.15) is 6.10 Å². The van der Waals surface area contributed by atoms with Crippen molar-refractivity contribution in [3.05, 3.63) is 0 Å². The lowest BCUT2D eigenvalue weighted by molar-refractivity contribution is -0.0254. The van der Waals surface area contributed by atoms with Crippen LogP contribution in [-0.4, -0.2) is 35.6 Å². The molecule has 0 heterocycles. The fraction of sp³-hybridized carbons (Fsp3) is 1.00. The Morgan fingerprint density at radius 3 is 1.54 bits per heavy atom. The first-order valence-electron chi connectivity index (χ1n) is 10.6. The van der Waals surface area contributed by atoms with E-state index in [0.29, 0.717) is 0 Å². The Morgan fingerprint density at radius 1 is 0.708 bits per heavy atom. The summed E-state index contributed by atoms with van der Waals surface area (Å²) in [6, 6.07) is 0. The zero-order valence-electron chi connectivity index (χ0n) is 16.5. The SMILES string of the molecule is CCCCCCCCCCCCCCCCC(C)OCC(O)CO. The molecule has 0 amide bonds. The third-order valence-corrected chi connectivity index (χ3v) is 4.75. The second-order valence-corrected chi connectivity index (χ2v) is 7.37. The van der Waals surface area contributed by atoms with E-state index < -0.39 is 6.10 Å². The molecule has 0 saturated carbocycles. The fourth-order valence-corrected chi connectivity index (χ4v) is 3.04. The average molecular weight is 345 g/mol. The molecule has 2 N–H and O–H groups in total. The standard InChI is InChI=1S/C21H44O3/c1-3-4-5-6-7-8-9-10-11-12-13-14-15-16-17-20(2)24-19-21(23)18-22/h20-23H,3-19H2,1-2H3. The van der Waals surface area contributed by atoms with Gasteiger partial charge in [-0.15, -0.1) is 0 Å². The molecule has 3 heteroatoms. The van der Waals surface area contributed by atoms with Crippen LogP contribution in [0.15, 0.2) is 0 Å². The van der Waals surface area contributed by atoms with Crippen molar-refractivity contribution >= 4 is 0 Å². The van der Waals surface area contributed by atoms with Crippen LogP contribution in [0.2, 0.25) is 0 Å². The van der Waals surface area contributed by atoms with E-state index >= 15 is 0 Å². The van der Waals surface area contributed by atoms with Gasteiger partial charge < -0.3 is 14.9 Å². The summed E-state index contributed by atoms with van der Waals surface area (Å²) in [5, 5.41) is 18.0. The number of hydrogen-bond acceptors (Lipinski definition) is 3. The van der Waals surface area contributed by atoms with Crippen molar-refractivity contribution in [1.82, 2.24) is 0 Å². The van der Waals surface area contributed by atoms with Crippen LogP contribution in [0.3, 0.4) is 0 Å². The van der Waals surface area contributed by atoms with Gasteiger partial charge in [-0.25, -0.2) is 0 Å². The highest BCUT2D eigenvalue weighted by molar-refractivity contribution is 4.56. The van der Waals surface area contributed by atoms with Crippen LogP contribution in [0.4, 0.5) is 0 Å². The van der Waals surface area contributed by atoms with Gasteiger partial charge >= 0.3 is 0 Å². The third-order valence-electron chi connectivity index (χ3n) is 4.75. The van der Waals surface area contributed by atoms with Crippen LogP contribution in [0, 0.1) is 0 Å². The summed E-state index contributed by atoms with van der Waals surface area (Å²) >= 11 is 0. The Morgan fingerprint density at radius 2 is 1.12 bits per heavy atom. The summed E-state index contributed by atoms with van der Waals surface area (Å²) < 4.78 is 5.50. The molecular weight excluding hydrogens is 300 g/mol. The second-order valence-electron chi connectivity index (χ2n) is 7.37. The normalized spacial score (nSPS) is 14.0. The number of hydrogen-bond donors (Lipinski definition) is 2. The van der Waals surface area contributed by atoms with Gasteiger partial charge in [0.15, 0.2) is 0 Å². The summed E-state index contributed by atoms with van der Waals surface area (Å²) in [4.78, 5) is 0. The van der Waals surface area contributed by atoms with Gasteiger partial charge in [-0.3, -0.25) is 0 Å². The Labute approximate surface area is 151 Å². The molecule has 3 nitrogen and oxygen atoms in total. The Hall–Kier alpha value is -0.120. The highest BCUT2D eigenvalue weighted by Crippen LogP contribution is 2.14. The van der Waals surface area contributed by atoms with Gasteiger partial charge in [0.05, 0.1) is 19.3 Å². The topological polar surface area (TPSA) is 49.7 Å². The molecule has 0 bridgehead atoms. The van der Waals surface area contributed by atoms with Gasteiger partial charge in [0, 0.05) is 0 Å². The lowest BCUT2D eigenvalue weighted by Crippen LogP contribution is -2.22. The maximum absolute atomic E-state index is 9.23. The summed E-state index contributed by atoms with van der Waals surface area (Å²) in [6.45, 7) is 4.35. The smallest absolute Gasteiger partial charge is 0.100 e. The highest BCUT2D eigenvalue weighted by Gasteiger charge is 2.06. The van der Waals surface area contributed by atoms with E-state index in [4.69, 9.17) is 9.84 Å². The van der Waals surface area contributed by atoms with Crippen molar-refractivity contribution in [3.8, 4) is 0 Å².